The Morgan fingerprint density at radius 3 is 2.33 bits per heavy atom. The van der Waals surface area contributed by atoms with E-state index < -0.39 is 22.6 Å². The molecule has 30 heavy (non-hydrogen) atoms. The van der Waals surface area contributed by atoms with Gasteiger partial charge in [0.2, 0.25) is 10.0 Å². The van der Waals surface area contributed by atoms with Crippen LogP contribution in [0.4, 0.5) is 5.69 Å². The van der Waals surface area contributed by atoms with Crippen molar-refractivity contribution in [2.24, 2.45) is 0 Å². The highest BCUT2D eigenvalue weighted by Gasteiger charge is 2.30. The van der Waals surface area contributed by atoms with Crippen molar-refractivity contribution in [2.45, 2.75) is 4.90 Å². The van der Waals surface area contributed by atoms with Crippen LogP contribution >= 0.6 is 0 Å². The second kappa shape index (κ2) is 8.33. The molecule has 1 aliphatic rings. The zero-order chi connectivity index (χ0) is 21.1. The standard InChI is InChI=1S/C22H22N2O5S/c25-22(26)16-29-20-10-4-3-9-19(20)23-12-14-24(15-13-23)30(27,28)21-11-5-7-17-6-1-2-8-18(17)21/h1-11H,12-16H2,(H,25,26). The number of aliphatic carboxylic acids is 1. The Morgan fingerprint density at radius 2 is 1.57 bits per heavy atom. The second-order valence-electron chi connectivity index (χ2n) is 7.02. The zero-order valence-electron chi connectivity index (χ0n) is 16.3. The number of hydrogen-bond acceptors (Lipinski definition) is 5. The van der Waals surface area contributed by atoms with Crippen molar-refractivity contribution < 1.29 is 23.1 Å². The van der Waals surface area contributed by atoms with Gasteiger partial charge in [-0.15, -0.1) is 0 Å². The van der Waals surface area contributed by atoms with E-state index in [1.807, 2.05) is 47.4 Å². The molecule has 0 atom stereocenters. The van der Waals surface area contributed by atoms with Crippen molar-refractivity contribution >= 4 is 32.5 Å². The molecule has 8 heteroatoms. The van der Waals surface area contributed by atoms with E-state index in [-0.39, 0.29) is 0 Å². The summed E-state index contributed by atoms with van der Waals surface area (Å²) < 4.78 is 33.5. The number of carboxylic acids is 1. The Balaban J connectivity index is 1.53. The summed E-state index contributed by atoms with van der Waals surface area (Å²) in [7, 11) is -3.63. The molecule has 1 N–H and O–H groups in total. The third kappa shape index (κ3) is 3.96. The minimum absolute atomic E-state index is 0.319. The van der Waals surface area contributed by atoms with Gasteiger partial charge in [-0.25, -0.2) is 13.2 Å². The fourth-order valence-electron chi connectivity index (χ4n) is 3.71. The highest BCUT2D eigenvalue weighted by atomic mass is 32.2. The number of ether oxygens (including phenoxy) is 1. The Labute approximate surface area is 175 Å². The molecule has 1 aliphatic heterocycles. The van der Waals surface area contributed by atoms with Crippen molar-refractivity contribution in [3.05, 3.63) is 66.7 Å². The first kappa shape index (κ1) is 20.2. The molecule has 0 bridgehead atoms. The molecule has 7 nitrogen and oxygen atoms in total. The SMILES string of the molecule is O=C(O)COc1ccccc1N1CCN(S(=O)(=O)c2cccc3ccccc23)CC1. The fourth-order valence-corrected chi connectivity index (χ4v) is 5.35. The Bertz CT molecular complexity index is 1170. The molecule has 3 aromatic carbocycles. The summed E-state index contributed by atoms with van der Waals surface area (Å²) >= 11 is 0. The van der Waals surface area contributed by atoms with Crippen LogP contribution in [0.2, 0.25) is 0 Å². The van der Waals surface area contributed by atoms with Gasteiger partial charge >= 0.3 is 5.97 Å². The van der Waals surface area contributed by atoms with Gasteiger partial charge in [0, 0.05) is 31.6 Å². The number of carboxylic acid groups (broad SMARTS) is 1. The third-order valence-electron chi connectivity index (χ3n) is 5.16. The summed E-state index contributed by atoms with van der Waals surface area (Å²) in [5, 5.41) is 10.5. The lowest BCUT2D eigenvalue weighted by molar-refractivity contribution is -0.139. The summed E-state index contributed by atoms with van der Waals surface area (Å²) in [6.07, 6.45) is 0. The number of fused-ring (bicyclic) bond motifs is 1. The van der Waals surface area contributed by atoms with Crippen LogP contribution in [0.25, 0.3) is 10.8 Å². The average Bonchev–Trinajstić information content (AvgIpc) is 2.77. The second-order valence-corrected chi connectivity index (χ2v) is 8.92. The van der Waals surface area contributed by atoms with Crippen molar-refractivity contribution in [3.63, 3.8) is 0 Å². The van der Waals surface area contributed by atoms with Gasteiger partial charge in [0.25, 0.3) is 0 Å². The summed E-state index contributed by atoms with van der Waals surface area (Å²) in [5.74, 6) is -0.568. The van der Waals surface area contributed by atoms with Crippen molar-refractivity contribution in [1.29, 1.82) is 0 Å². The molecule has 0 radical (unpaired) electrons. The maximum Gasteiger partial charge on any atom is 0.341 e. The molecule has 0 saturated carbocycles. The lowest BCUT2D eigenvalue weighted by atomic mass is 10.1. The van der Waals surface area contributed by atoms with Crippen LogP contribution in [-0.2, 0) is 14.8 Å². The van der Waals surface area contributed by atoms with Gasteiger partial charge in [0.15, 0.2) is 6.61 Å². The van der Waals surface area contributed by atoms with E-state index in [0.717, 1.165) is 16.5 Å². The molecule has 0 aromatic heterocycles. The zero-order valence-corrected chi connectivity index (χ0v) is 17.1. The van der Waals surface area contributed by atoms with Crippen molar-refractivity contribution in [1.82, 2.24) is 4.31 Å². The number of anilines is 1. The van der Waals surface area contributed by atoms with E-state index in [0.29, 0.717) is 36.8 Å². The van der Waals surface area contributed by atoms with Crippen molar-refractivity contribution in [2.75, 3.05) is 37.7 Å². The van der Waals surface area contributed by atoms with E-state index in [4.69, 9.17) is 9.84 Å². The predicted octanol–water partition coefficient (Wildman–Crippen LogP) is 2.81. The first-order valence-electron chi connectivity index (χ1n) is 9.63. The van der Waals surface area contributed by atoms with Crippen LogP contribution in [0.3, 0.4) is 0 Å². The first-order chi connectivity index (χ1) is 14.5. The number of piperazine rings is 1. The number of carbonyl (C=O) groups is 1. The topological polar surface area (TPSA) is 87.2 Å². The van der Waals surface area contributed by atoms with E-state index in [1.54, 1.807) is 24.3 Å². The summed E-state index contributed by atoms with van der Waals surface area (Å²) in [5.41, 5.74) is 0.765. The van der Waals surface area contributed by atoms with Gasteiger partial charge in [-0.1, -0.05) is 48.5 Å². The Kier molecular flexibility index (Phi) is 5.61. The Hall–Kier alpha value is -3.10. The van der Waals surface area contributed by atoms with Crippen LogP contribution in [0.15, 0.2) is 71.6 Å². The van der Waals surface area contributed by atoms with Gasteiger partial charge in [-0.05, 0) is 23.6 Å². The quantitative estimate of drug-likeness (QED) is 0.652. The molecule has 3 aromatic rings. The lowest BCUT2D eigenvalue weighted by Gasteiger charge is -2.36. The van der Waals surface area contributed by atoms with E-state index in [2.05, 4.69) is 0 Å². The number of hydrogen-bond donors (Lipinski definition) is 1. The molecule has 0 amide bonds. The van der Waals surface area contributed by atoms with Gasteiger partial charge in [-0.2, -0.15) is 4.31 Å². The third-order valence-corrected chi connectivity index (χ3v) is 7.12. The molecule has 1 fully saturated rings. The van der Waals surface area contributed by atoms with Gasteiger partial charge in [0.1, 0.15) is 5.75 Å². The maximum absolute atomic E-state index is 13.3. The van der Waals surface area contributed by atoms with Crippen LogP contribution in [0.5, 0.6) is 5.75 Å². The number of nitrogens with zero attached hydrogens (tertiary/aromatic N) is 2. The summed E-state index contributed by atoms with van der Waals surface area (Å²) in [6.45, 7) is 1.21. The molecule has 0 spiro atoms. The van der Waals surface area contributed by atoms with Crippen LogP contribution < -0.4 is 9.64 Å². The van der Waals surface area contributed by atoms with Gasteiger partial charge in [0.05, 0.1) is 10.6 Å². The average molecular weight is 426 g/mol. The molecule has 4 rings (SSSR count). The molecular formula is C22H22N2O5S. The van der Waals surface area contributed by atoms with E-state index in [9.17, 15) is 13.2 Å². The minimum atomic E-state index is -3.63. The number of para-hydroxylation sites is 2. The lowest BCUT2D eigenvalue weighted by Crippen LogP contribution is -2.48. The number of benzene rings is 3. The highest BCUT2D eigenvalue weighted by Crippen LogP contribution is 2.31. The van der Waals surface area contributed by atoms with Gasteiger partial charge < -0.3 is 14.7 Å². The largest absolute Gasteiger partial charge is 0.480 e. The van der Waals surface area contributed by atoms with Gasteiger partial charge in [-0.3, -0.25) is 0 Å². The van der Waals surface area contributed by atoms with Crippen LogP contribution in [-0.4, -0.2) is 56.6 Å². The van der Waals surface area contributed by atoms with Crippen LogP contribution in [0, 0.1) is 0 Å². The Morgan fingerprint density at radius 1 is 0.900 bits per heavy atom. The van der Waals surface area contributed by atoms with E-state index in [1.165, 1.54) is 4.31 Å². The normalized spacial score (nSPS) is 15.3. The molecular weight excluding hydrogens is 404 g/mol. The van der Waals surface area contributed by atoms with Crippen molar-refractivity contribution in [3.8, 4) is 5.75 Å². The fraction of sp³-hybridized carbons (Fsp3) is 0.227. The summed E-state index contributed by atoms with van der Waals surface area (Å²) in [4.78, 5) is 13.2. The van der Waals surface area contributed by atoms with E-state index >= 15 is 0 Å². The maximum atomic E-state index is 13.3. The minimum Gasteiger partial charge on any atom is -0.480 e. The smallest absolute Gasteiger partial charge is 0.341 e. The molecule has 0 unspecified atom stereocenters. The van der Waals surface area contributed by atoms with Crippen LogP contribution in [0.1, 0.15) is 0 Å². The number of rotatable bonds is 6. The molecule has 0 aliphatic carbocycles. The highest BCUT2D eigenvalue weighted by molar-refractivity contribution is 7.89. The molecule has 1 saturated heterocycles. The predicted molar refractivity (Wildman–Crippen MR) is 114 cm³/mol. The molecule has 1 heterocycles. The number of sulfonamides is 1. The molecule has 156 valence electrons. The monoisotopic (exact) mass is 426 g/mol. The first-order valence-corrected chi connectivity index (χ1v) is 11.1. The summed E-state index contributed by atoms with van der Waals surface area (Å²) in [6, 6.07) is 20.0.